The number of hydrogen-bond donors (Lipinski definition) is 0. The molecule has 2 atom stereocenters. The van der Waals surface area contributed by atoms with E-state index >= 15 is 0 Å². The molecule has 0 aromatic heterocycles. The fourth-order valence-corrected chi connectivity index (χ4v) is 8.55. The van der Waals surface area contributed by atoms with E-state index in [1.807, 2.05) is 6.08 Å². The third-order valence-corrected chi connectivity index (χ3v) is 10.3. The van der Waals surface area contributed by atoms with Crippen molar-refractivity contribution in [2.45, 2.75) is 38.8 Å². The maximum absolute atomic E-state index is 7.14. The zero-order chi connectivity index (χ0) is 19.2. The predicted octanol–water partition coefficient (Wildman–Crippen LogP) is 5.70. The molecular formula is C23H29IOSi. The summed E-state index contributed by atoms with van der Waals surface area (Å²) in [6.45, 7) is 13.1. The van der Waals surface area contributed by atoms with E-state index in [9.17, 15) is 0 Å². The van der Waals surface area contributed by atoms with Crippen LogP contribution in [0, 0.1) is 5.92 Å². The summed E-state index contributed by atoms with van der Waals surface area (Å²) in [7, 11) is -2.53. The Hall–Kier alpha value is -1.17. The van der Waals surface area contributed by atoms with Crippen LogP contribution >= 0.6 is 22.6 Å². The summed E-state index contributed by atoms with van der Waals surface area (Å²) in [5, 5.41) is 2.59. The van der Waals surface area contributed by atoms with Crippen molar-refractivity contribution in [3.05, 3.63) is 83.5 Å². The van der Waals surface area contributed by atoms with Crippen LogP contribution in [-0.2, 0) is 4.43 Å². The molecule has 0 amide bonds. The lowest BCUT2D eigenvalue weighted by atomic mass is 10.1. The zero-order valence-corrected chi connectivity index (χ0v) is 19.3. The van der Waals surface area contributed by atoms with Crippen molar-refractivity contribution in [3.8, 4) is 0 Å². The lowest BCUT2D eigenvalue weighted by Crippen LogP contribution is -2.68. The van der Waals surface area contributed by atoms with Crippen molar-refractivity contribution in [2.75, 3.05) is 0 Å². The normalized spacial score (nSPS) is 15.0. The highest BCUT2D eigenvalue weighted by Crippen LogP contribution is 2.38. The van der Waals surface area contributed by atoms with E-state index in [4.69, 9.17) is 4.43 Å². The second kappa shape index (κ2) is 9.15. The molecule has 0 heterocycles. The molecule has 2 aromatic rings. The summed E-state index contributed by atoms with van der Waals surface area (Å²) in [4.78, 5) is 0. The van der Waals surface area contributed by atoms with E-state index in [-0.39, 0.29) is 17.1 Å². The largest absolute Gasteiger partial charge is 0.400 e. The molecule has 0 bridgehead atoms. The van der Waals surface area contributed by atoms with Crippen LogP contribution < -0.4 is 10.4 Å². The van der Waals surface area contributed by atoms with Gasteiger partial charge in [-0.1, -0.05) is 123 Å². The fraction of sp³-hybridized carbons (Fsp3) is 0.304. The van der Waals surface area contributed by atoms with E-state index < -0.39 is 8.32 Å². The average molecular weight is 476 g/mol. The van der Waals surface area contributed by atoms with Crippen molar-refractivity contribution in [2.24, 2.45) is 5.92 Å². The van der Waals surface area contributed by atoms with Gasteiger partial charge in [0.05, 0.1) is 6.10 Å². The molecule has 0 fully saturated rings. The standard InChI is InChI=1S/C23H29IOSi/c1-6-19(2)22(17-18-24)25-26(23(3,4)5,20-13-9-7-10-14-20)21-15-11-8-12-16-21/h6-19,22H,1H2,2-5H3/b18-17+/t19-,22+/m1/s1. The molecule has 0 spiro atoms. The minimum Gasteiger partial charge on any atom is -0.400 e. The van der Waals surface area contributed by atoms with Gasteiger partial charge in [-0.25, -0.2) is 0 Å². The number of benzene rings is 2. The minimum atomic E-state index is -2.53. The van der Waals surface area contributed by atoms with Crippen LogP contribution in [0.3, 0.4) is 0 Å². The van der Waals surface area contributed by atoms with Gasteiger partial charge in [0.15, 0.2) is 0 Å². The summed E-state index contributed by atoms with van der Waals surface area (Å²) in [6, 6.07) is 21.5. The van der Waals surface area contributed by atoms with Crippen molar-refractivity contribution in [1.82, 2.24) is 0 Å². The van der Waals surface area contributed by atoms with Crippen LogP contribution in [0.2, 0.25) is 5.04 Å². The molecule has 0 N–H and O–H groups in total. The Kier molecular flexibility index (Phi) is 7.44. The molecule has 3 heteroatoms. The van der Waals surface area contributed by atoms with Crippen LogP contribution in [0.15, 0.2) is 83.5 Å². The molecule has 138 valence electrons. The summed E-state index contributed by atoms with van der Waals surface area (Å²) in [6.07, 6.45) is 4.14. The Morgan fingerprint density at radius 1 is 0.962 bits per heavy atom. The van der Waals surface area contributed by atoms with E-state index in [1.165, 1.54) is 10.4 Å². The Balaban J connectivity index is 2.73. The zero-order valence-electron chi connectivity index (χ0n) is 16.2. The van der Waals surface area contributed by atoms with E-state index in [1.54, 1.807) is 0 Å². The van der Waals surface area contributed by atoms with Gasteiger partial charge < -0.3 is 4.43 Å². The van der Waals surface area contributed by atoms with Crippen molar-refractivity contribution >= 4 is 41.3 Å². The molecule has 0 aliphatic carbocycles. The summed E-state index contributed by atoms with van der Waals surface area (Å²) < 4.78 is 9.20. The Morgan fingerprint density at radius 3 is 1.77 bits per heavy atom. The first kappa shape index (κ1) is 21.1. The fourth-order valence-electron chi connectivity index (χ4n) is 3.42. The SMILES string of the molecule is C=C[C@@H](C)[C@H](/C=C/I)O[Si](c1ccccc1)(c1ccccc1)C(C)(C)C. The molecule has 0 saturated carbocycles. The highest BCUT2D eigenvalue weighted by Gasteiger charge is 2.51. The minimum absolute atomic E-state index is 0.00398. The topological polar surface area (TPSA) is 9.23 Å². The molecule has 2 rings (SSSR count). The van der Waals surface area contributed by atoms with Gasteiger partial charge in [0.2, 0.25) is 0 Å². The molecule has 0 aliphatic rings. The van der Waals surface area contributed by atoms with Crippen molar-refractivity contribution < 1.29 is 4.43 Å². The van der Waals surface area contributed by atoms with Gasteiger partial charge in [-0.15, -0.1) is 6.58 Å². The van der Waals surface area contributed by atoms with Crippen molar-refractivity contribution in [3.63, 3.8) is 0 Å². The molecule has 0 unspecified atom stereocenters. The molecule has 0 saturated heterocycles. The van der Waals surface area contributed by atoms with Crippen LogP contribution in [0.5, 0.6) is 0 Å². The molecule has 2 aromatic carbocycles. The number of rotatable bonds is 7. The van der Waals surface area contributed by atoms with Gasteiger partial charge in [0, 0.05) is 5.92 Å². The van der Waals surface area contributed by atoms with Gasteiger partial charge in [0.1, 0.15) is 0 Å². The quantitative estimate of drug-likeness (QED) is 0.283. The smallest absolute Gasteiger partial charge is 0.261 e. The van der Waals surface area contributed by atoms with E-state index in [0.717, 1.165) is 0 Å². The summed E-state index contributed by atoms with van der Waals surface area (Å²) >= 11 is 2.27. The van der Waals surface area contributed by atoms with Gasteiger partial charge in [-0.2, -0.15) is 0 Å². The van der Waals surface area contributed by atoms with Gasteiger partial charge in [-0.3, -0.25) is 0 Å². The van der Waals surface area contributed by atoms with E-state index in [2.05, 4.69) is 128 Å². The Bertz CT molecular complexity index is 679. The molecular weight excluding hydrogens is 447 g/mol. The highest BCUT2D eigenvalue weighted by atomic mass is 127. The Morgan fingerprint density at radius 2 is 1.42 bits per heavy atom. The number of hydrogen-bond acceptors (Lipinski definition) is 1. The lowest BCUT2D eigenvalue weighted by Gasteiger charge is -2.45. The molecule has 1 nitrogen and oxygen atoms in total. The lowest BCUT2D eigenvalue weighted by molar-refractivity contribution is 0.197. The monoisotopic (exact) mass is 476 g/mol. The van der Waals surface area contributed by atoms with Gasteiger partial charge in [-0.05, 0) is 19.5 Å². The molecule has 0 radical (unpaired) electrons. The molecule has 0 aliphatic heterocycles. The first-order valence-electron chi connectivity index (χ1n) is 9.05. The highest BCUT2D eigenvalue weighted by molar-refractivity contribution is 14.1. The van der Waals surface area contributed by atoms with Crippen LogP contribution in [0.4, 0.5) is 0 Å². The number of halogens is 1. The Labute approximate surface area is 173 Å². The second-order valence-corrected chi connectivity index (χ2v) is 12.6. The maximum atomic E-state index is 7.14. The second-order valence-electron chi connectivity index (χ2n) is 7.66. The van der Waals surface area contributed by atoms with E-state index in [0.29, 0.717) is 0 Å². The predicted molar refractivity (Wildman–Crippen MR) is 125 cm³/mol. The van der Waals surface area contributed by atoms with Gasteiger partial charge in [0.25, 0.3) is 8.32 Å². The first-order chi connectivity index (χ1) is 12.4. The van der Waals surface area contributed by atoms with Crippen LogP contribution in [-0.4, -0.2) is 14.4 Å². The molecule has 26 heavy (non-hydrogen) atoms. The van der Waals surface area contributed by atoms with Crippen LogP contribution in [0.25, 0.3) is 0 Å². The average Bonchev–Trinajstić information content (AvgIpc) is 2.65. The summed E-state index contributed by atoms with van der Waals surface area (Å²) in [5.74, 6) is 0.239. The van der Waals surface area contributed by atoms with Gasteiger partial charge >= 0.3 is 0 Å². The third kappa shape index (κ3) is 4.38. The maximum Gasteiger partial charge on any atom is 0.261 e. The summed E-state index contributed by atoms with van der Waals surface area (Å²) in [5.41, 5.74) is 0. The third-order valence-electron chi connectivity index (χ3n) is 4.88. The first-order valence-corrected chi connectivity index (χ1v) is 12.2. The van der Waals surface area contributed by atoms with Crippen molar-refractivity contribution in [1.29, 1.82) is 0 Å². The van der Waals surface area contributed by atoms with Crippen LogP contribution in [0.1, 0.15) is 27.7 Å².